The molecule has 0 bridgehead atoms. The van der Waals surface area contributed by atoms with Gasteiger partial charge in [0.15, 0.2) is 5.82 Å². The Bertz CT molecular complexity index is 528. The molecule has 0 amide bonds. The van der Waals surface area contributed by atoms with Crippen molar-refractivity contribution in [1.29, 1.82) is 0 Å². The molecule has 0 saturated carbocycles. The minimum atomic E-state index is 0.426. The van der Waals surface area contributed by atoms with Crippen LogP contribution in [-0.2, 0) is 17.9 Å². The van der Waals surface area contributed by atoms with Crippen molar-refractivity contribution in [1.82, 2.24) is 19.5 Å². The van der Waals surface area contributed by atoms with E-state index in [0.29, 0.717) is 19.0 Å². The molecule has 0 aromatic carbocycles. The van der Waals surface area contributed by atoms with Crippen LogP contribution in [0.5, 0.6) is 0 Å². The van der Waals surface area contributed by atoms with Crippen molar-refractivity contribution >= 4 is 11.6 Å². The quantitative estimate of drug-likeness (QED) is 0.685. The van der Waals surface area contributed by atoms with Gasteiger partial charge >= 0.3 is 0 Å². The van der Waals surface area contributed by atoms with Crippen LogP contribution >= 0.6 is 0 Å². The van der Waals surface area contributed by atoms with Crippen LogP contribution in [0.15, 0.2) is 24.8 Å². The zero-order chi connectivity index (χ0) is 14.9. The number of rotatable bonds is 9. The molecule has 2 aromatic heterocycles. The zero-order valence-electron chi connectivity index (χ0n) is 12.5. The number of aryl methyl sites for hydroxylation is 1. The lowest BCUT2D eigenvalue weighted by Gasteiger charge is -2.10. The van der Waals surface area contributed by atoms with E-state index in [4.69, 9.17) is 4.74 Å². The fourth-order valence-corrected chi connectivity index (χ4v) is 1.87. The van der Waals surface area contributed by atoms with Crippen molar-refractivity contribution in [2.75, 3.05) is 30.8 Å². The fourth-order valence-electron chi connectivity index (χ4n) is 1.87. The molecule has 0 aliphatic carbocycles. The van der Waals surface area contributed by atoms with Crippen LogP contribution in [0.2, 0.25) is 0 Å². The molecular formula is C14H22N6O. The smallest absolute Gasteiger partial charge is 0.158 e. The Morgan fingerprint density at radius 3 is 2.86 bits per heavy atom. The average Bonchev–Trinajstić information content (AvgIpc) is 3.02. The lowest BCUT2D eigenvalue weighted by atomic mass is 10.4. The molecular weight excluding hydrogens is 268 g/mol. The number of anilines is 2. The minimum absolute atomic E-state index is 0.426. The molecule has 0 spiro atoms. The summed E-state index contributed by atoms with van der Waals surface area (Å²) in [7, 11) is 1.84. The topological polar surface area (TPSA) is 76.9 Å². The maximum atomic E-state index is 5.36. The molecule has 114 valence electrons. The van der Waals surface area contributed by atoms with Crippen LogP contribution in [0.4, 0.5) is 11.6 Å². The van der Waals surface area contributed by atoms with Gasteiger partial charge in [-0.15, -0.1) is 0 Å². The molecule has 0 radical (unpaired) electrons. The monoisotopic (exact) mass is 290 g/mol. The Hall–Kier alpha value is -2.15. The molecule has 0 atom stereocenters. The van der Waals surface area contributed by atoms with Crippen LogP contribution in [0, 0.1) is 0 Å². The first-order valence-electron chi connectivity index (χ1n) is 7.15. The van der Waals surface area contributed by atoms with Gasteiger partial charge in [0.25, 0.3) is 0 Å². The van der Waals surface area contributed by atoms with E-state index in [2.05, 4.69) is 30.2 Å². The Morgan fingerprint density at radius 2 is 2.14 bits per heavy atom. The second-order valence-corrected chi connectivity index (χ2v) is 4.52. The minimum Gasteiger partial charge on any atom is -0.374 e. The van der Waals surface area contributed by atoms with Crippen LogP contribution < -0.4 is 10.6 Å². The molecule has 21 heavy (non-hydrogen) atoms. The third kappa shape index (κ3) is 5.03. The molecule has 7 heteroatoms. The number of imidazole rings is 1. The van der Waals surface area contributed by atoms with E-state index < -0.39 is 0 Å². The highest BCUT2D eigenvalue weighted by molar-refractivity contribution is 5.47. The van der Waals surface area contributed by atoms with Crippen molar-refractivity contribution < 1.29 is 4.74 Å². The van der Waals surface area contributed by atoms with Gasteiger partial charge in [0.2, 0.25) is 0 Å². The van der Waals surface area contributed by atoms with Gasteiger partial charge < -0.3 is 19.9 Å². The highest BCUT2D eigenvalue weighted by Gasteiger charge is 2.03. The Kier molecular flexibility index (Phi) is 5.96. The number of hydrogen-bond donors (Lipinski definition) is 2. The lowest BCUT2D eigenvalue weighted by Crippen LogP contribution is -2.10. The first-order chi connectivity index (χ1) is 10.3. The normalized spacial score (nSPS) is 10.6. The van der Waals surface area contributed by atoms with Crippen LogP contribution in [0.1, 0.15) is 19.2 Å². The number of nitrogens with zero attached hydrogens (tertiary/aromatic N) is 4. The summed E-state index contributed by atoms with van der Waals surface area (Å²) in [6.07, 6.45) is 6.57. The molecule has 0 aliphatic heterocycles. The van der Waals surface area contributed by atoms with E-state index in [9.17, 15) is 0 Å². The van der Waals surface area contributed by atoms with Crippen molar-refractivity contribution in [3.8, 4) is 0 Å². The number of aromatic nitrogens is 4. The molecule has 2 heterocycles. The van der Waals surface area contributed by atoms with E-state index in [1.54, 1.807) is 6.20 Å². The van der Waals surface area contributed by atoms with Gasteiger partial charge in [0.05, 0.1) is 6.33 Å². The third-order valence-electron chi connectivity index (χ3n) is 2.92. The number of ether oxygens (including phenoxy) is 1. The Morgan fingerprint density at radius 1 is 1.29 bits per heavy atom. The van der Waals surface area contributed by atoms with Gasteiger partial charge in [-0.25, -0.2) is 15.0 Å². The van der Waals surface area contributed by atoms with Crippen molar-refractivity contribution in [2.24, 2.45) is 0 Å². The second-order valence-electron chi connectivity index (χ2n) is 4.52. The van der Waals surface area contributed by atoms with Crippen LogP contribution in [0.3, 0.4) is 0 Å². The molecule has 2 N–H and O–H groups in total. The fraction of sp³-hybridized carbons (Fsp3) is 0.500. The van der Waals surface area contributed by atoms with Gasteiger partial charge in [-0.1, -0.05) is 0 Å². The summed E-state index contributed by atoms with van der Waals surface area (Å²) in [6.45, 7) is 4.81. The van der Waals surface area contributed by atoms with Crippen molar-refractivity contribution in [2.45, 2.75) is 26.5 Å². The predicted octanol–water partition coefficient (Wildman–Crippen LogP) is 1.75. The average molecular weight is 290 g/mol. The molecule has 0 fully saturated rings. The third-order valence-corrected chi connectivity index (χ3v) is 2.92. The Labute approximate surface area is 124 Å². The summed E-state index contributed by atoms with van der Waals surface area (Å²) in [6, 6.07) is 1.90. The van der Waals surface area contributed by atoms with E-state index in [0.717, 1.165) is 31.1 Å². The van der Waals surface area contributed by atoms with Gasteiger partial charge in [0, 0.05) is 45.2 Å². The second kappa shape index (κ2) is 8.21. The van der Waals surface area contributed by atoms with E-state index >= 15 is 0 Å². The maximum Gasteiger partial charge on any atom is 0.158 e. The zero-order valence-corrected chi connectivity index (χ0v) is 12.5. The van der Waals surface area contributed by atoms with Gasteiger partial charge in [-0.2, -0.15) is 0 Å². The van der Waals surface area contributed by atoms with Crippen LogP contribution in [0.25, 0.3) is 0 Å². The molecule has 2 aromatic rings. The largest absolute Gasteiger partial charge is 0.374 e. The van der Waals surface area contributed by atoms with Gasteiger partial charge in [-0.05, 0) is 13.3 Å². The lowest BCUT2D eigenvalue weighted by molar-refractivity contribution is 0.128. The SMILES string of the molecule is CCOCc1nc(NC)cc(NCCCn2ccnc2)n1. The standard InChI is InChI=1S/C14H22N6O/c1-3-21-10-14-18-12(15-2)9-13(19-14)17-5-4-7-20-8-6-16-11-20/h6,8-9,11H,3-5,7,10H2,1-2H3,(H2,15,17,18,19). The van der Waals surface area contributed by atoms with E-state index in [-0.39, 0.29) is 0 Å². The summed E-state index contributed by atoms with van der Waals surface area (Å²) < 4.78 is 7.41. The van der Waals surface area contributed by atoms with Gasteiger partial charge in [0.1, 0.15) is 18.2 Å². The number of hydrogen-bond acceptors (Lipinski definition) is 6. The summed E-state index contributed by atoms with van der Waals surface area (Å²) >= 11 is 0. The first kappa shape index (κ1) is 15.2. The molecule has 0 aliphatic rings. The van der Waals surface area contributed by atoms with E-state index in [1.165, 1.54) is 0 Å². The Balaban J connectivity index is 1.85. The summed E-state index contributed by atoms with van der Waals surface area (Å²) in [4.78, 5) is 12.8. The summed E-state index contributed by atoms with van der Waals surface area (Å²) in [5, 5.41) is 6.36. The molecule has 7 nitrogen and oxygen atoms in total. The molecule has 0 saturated heterocycles. The predicted molar refractivity (Wildman–Crippen MR) is 82.2 cm³/mol. The highest BCUT2D eigenvalue weighted by atomic mass is 16.5. The molecule has 0 unspecified atom stereocenters. The molecule has 2 rings (SSSR count). The van der Waals surface area contributed by atoms with Crippen LogP contribution in [-0.4, -0.2) is 39.7 Å². The van der Waals surface area contributed by atoms with Crippen molar-refractivity contribution in [3.05, 3.63) is 30.6 Å². The maximum absolute atomic E-state index is 5.36. The number of nitrogens with one attached hydrogen (secondary N) is 2. The highest BCUT2D eigenvalue weighted by Crippen LogP contribution is 2.11. The van der Waals surface area contributed by atoms with Gasteiger partial charge in [-0.3, -0.25) is 0 Å². The first-order valence-corrected chi connectivity index (χ1v) is 7.15. The summed E-state index contributed by atoms with van der Waals surface area (Å²) in [5.74, 6) is 2.28. The van der Waals surface area contributed by atoms with Crippen molar-refractivity contribution in [3.63, 3.8) is 0 Å². The van der Waals surface area contributed by atoms with E-state index in [1.807, 2.05) is 32.6 Å². The summed E-state index contributed by atoms with van der Waals surface area (Å²) in [5.41, 5.74) is 0.